The smallest absolute Gasteiger partial charge is 0.328 e. The first-order valence-electron chi connectivity index (χ1n) is 6.61. The Morgan fingerprint density at radius 3 is 2.54 bits per heavy atom. The number of halogens is 2. The summed E-state index contributed by atoms with van der Waals surface area (Å²) in [5, 5.41) is 9.66. The van der Waals surface area contributed by atoms with Crippen LogP contribution in [0.2, 0.25) is 0 Å². The molecular weight excluding hydrogens is 340 g/mol. The van der Waals surface area contributed by atoms with E-state index in [1.807, 2.05) is 22.8 Å². The molecule has 9 heteroatoms. The highest BCUT2D eigenvalue weighted by atomic mass is 32.1. The number of aromatic nitrogens is 1. The fourth-order valence-corrected chi connectivity index (χ4v) is 2.58. The van der Waals surface area contributed by atoms with Gasteiger partial charge in [-0.1, -0.05) is 17.3 Å². The molecule has 1 aromatic carbocycles. The maximum absolute atomic E-state index is 13.5. The number of urea groups is 1. The molecule has 3 rings (SSSR count). The zero-order chi connectivity index (χ0) is 17.1. The standard InChI is InChI=1S/C15H9F2N3O3S/c16-8-3-1-4-9(17)13(8)14(21)19-15(22)18-12-7-10(20-23-12)11-5-2-6-24-11/h1-7H,(H2,18,19,21,22). The average molecular weight is 349 g/mol. The molecule has 0 saturated carbocycles. The van der Waals surface area contributed by atoms with Crippen LogP contribution in [0, 0.1) is 11.6 Å². The number of nitrogens with one attached hydrogen (secondary N) is 2. The second-order valence-corrected chi connectivity index (χ2v) is 5.51. The van der Waals surface area contributed by atoms with Crippen LogP contribution in [0.4, 0.5) is 19.5 Å². The first-order chi connectivity index (χ1) is 11.5. The molecule has 0 aliphatic heterocycles. The van der Waals surface area contributed by atoms with E-state index in [4.69, 9.17) is 4.52 Å². The Morgan fingerprint density at radius 2 is 1.88 bits per heavy atom. The van der Waals surface area contributed by atoms with E-state index in [0.717, 1.165) is 23.1 Å². The predicted molar refractivity (Wildman–Crippen MR) is 82.7 cm³/mol. The molecule has 2 heterocycles. The molecule has 122 valence electrons. The Morgan fingerprint density at radius 1 is 1.12 bits per heavy atom. The summed E-state index contributed by atoms with van der Waals surface area (Å²) in [7, 11) is 0. The van der Waals surface area contributed by atoms with Crippen molar-refractivity contribution in [2.45, 2.75) is 0 Å². The highest BCUT2D eigenvalue weighted by molar-refractivity contribution is 7.13. The van der Waals surface area contributed by atoms with Crippen LogP contribution in [0.15, 0.2) is 46.3 Å². The zero-order valence-corrected chi connectivity index (χ0v) is 12.7. The molecule has 0 bridgehead atoms. The van der Waals surface area contributed by atoms with Crippen molar-refractivity contribution in [1.82, 2.24) is 10.5 Å². The van der Waals surface area contributed by atoms with Gasteiger partial charge in [0.15, 0.2) is 0 Å². The molecule has 24 heavy (non-hydrogen) atoms. The molecule has 3 amide bonds. The third-order valence-corrected chi connectivity index (χ3v) is 3.83. The molecule has 0 atom stereocenters. The zero-order valence-electron chi connectivity index (χ0n) is 11.9. The van der Waals surface area contributed by atoms with Gasteiger partial charge in [-0.05, 0) is 23.6 Å². The largest absolute Gasteiger partial charge is 0.338 e. The van der Waals surface area contributed by atoms with Crippen molar-refractivity contribution in [2.24, 2.45) is 0 Å². The van der Waals surface area contributed by atoms with E-state index < -0.39 is 29.1 Å². The summed E-state index contributed by atoms with van der Waals surface area (Å²) in [4.78, 5) is 24.4. The second kappa shape index (κ2) is 6.59. The molecule has 0 unspecified atom stereocenters. The van der Waals surface area contributed by atoms with Gasteiger partial charge in [0.1, 0.15) is 22.9 Å². The van der Waals surface area contributed by atoms with E-state index in [9.17, 15) is 18.4 Å². The first-order valence-corrected chi connectivity index (χ1v) is 7.49. The summed E-state index contributed by atoms with van der Waals surface area (Å²) in [6.45, 7) is 0. The SMILES string of the molecule is O=C(NC(=O)c1c(F)cccc1F)Nc1cc(-c2cccs2)no1. The van der Waals surface area contributed by atoms with Crippen LogP contribution in [0.25, 0.3) is 10.6 Å². The lowest BCUT2D eigenvalue weighted by atomic mass is 10.2. The fourth-order valence-electron chi connectivity index (χ4n) is 1.90. The highest BCUT2D eigenvalue weighted by Gasteiger charge is 2.20. The number of imide groups is 1. The number of benzene rings is 1. The fraction of sp³-hybridized carbons (Fsp3) is 0. The molecule has 0 fully saturated rings. The van der Waals surface area contributed by atoms with Gasteiger partial charge >= 0.3 is 6.03 Å². The van der Waals surface area contributed by atoms with Crippen molar-refractivity contribution in [2.75, 3.05) is 5.32 Å². The maximum Gasteiger partial charge on any atom is 0.328 e. The Bertz CT molecular complexity index is 873. The second-order valence-electron chi connectivity index (χ2n) is 4.56. The number of carbonyl (C=O) groups excluding carboxylic acids is 2. The number of thiophene rings is 1. The molecule has 0 aliphatic carbocycles. The molecule has 2 N–H and O–H groups in total. The van der Waals surface area contributed by atoms with E-state index >= 15 is 0 Å². The lowest BCUT2D eigenvalue weighted by molar-refractivity contribution is 0.0959. The van der Waals surface area contributed by atoms with Gasteiger partial charge in [0.25, 0.3) is 5.91 Å². The van der Waals surface area contributed by atoms with E-state index in [1.54, 1.807) is 0 Å². The number of hydrogen-bond acceptors (Lipinski definition) is 5. The van der Waals surface area contributed by atoms with Gasteiger partial charge in [-0.15, -0.1) is 11.3 Å². The van der Waals surface area contributed by atoms with Gasteiger partial charge in [-0.3, -0.25) is 15.4 Å². The summed E-state index contributed by atoms with van der Waals surface area (Å²) in [6.07, 6.45) is 0. The Kier molecular flexibility index (Phi) is 4.34. The third-order valence-electron chi connectivity index (χ3n) is 2.94. The summed E-state index contributed by atoms with van der Waals surface area (Å²) < 4.78 is 31.9. The summed E-state index contributed by atoms with van der Waals surface area (Å²) in [6, 6.07) is 7.05. The van der Waals surface area contributed by atoms with Crippen molar-refractivity contribution in [1.29, 1.82) is 0 Å². The van der Waals surface area contributed by atoms with Gasteiger partial charge in [0.05, 0.1) is 4.88 Å². The predicted octanol–water partition coefficient (Wildman–Crippen LogP) is 3.64. The Hall–Kier alpha value is -3.07. The van der Waals surface area contributed by atoms with Crippen LogP contribution in [0.5, 0.6) is 0 Å². The number of hydrogen-bond donors (Lipinski definition) is 2. The monoisotopic (exact) mass is 349 g/mol. The van der Waals surface area contributed by atoms with Crippen molar-refractivity contribution < 1.29 is 22.9 Å². The van der Waals surface area contributed by atoms with Crippen LogP contribution in [0.1, 0.15) is 10.4 Å². The lowest BCUT2D eigenvalue weighted by Crippen LogP contribution is -2.35. The summed E-state index contributed by atoms with van der Waals surface area (Å²) >= 11 is 1.43. The topological polar surface area (TPSA) is 84.2 Å². The van der Waals surface area contributed by atoms with Crippen LogP contribution >= 0.6 is 11.3 Å². The van der Waals surface area contributed by atoms with Gasteiger partial charge in [0, 0.05) is 6.07 Å². The molecule has 2 aromatic heterocycles. The summed E-state index contributed by atoms with van der Waals surface area (Å²) in [5.41, 5.74) is -0.337. The van der Waals surface area contributed by atoms with E-state index in [-0.39, 0.29) is 5.88 Å². The number of nitrogens with zero attached hydrogens (tertiary/aromatic N) is 1. The number of carbonyl (C=O) groups is 2. The molecule has 0 saturated heterocycles. The molecule has 0 radical (unpaired) electrons. The van der Waals surface area contributed by atoms with E-state index in [1.165, 1.54) is 17.4 Å². The minimum atomic E-state index is -1.21. The first kappa shape index (κ1) is 15.8. The van der Waals surface area contributed by atoms with Crippen LogP contribution < -0.4 is 10.6 Å². The van der Waals surface area contributed by atoms with Crippen molar-refractivity contribution >= 4 is 29.2 Å². The number of amides is 3. The number of anilines is 1. The quantitative estimate of drug-likeness (QED) is 0.756. The van der Waals surface area contributed by atoms with Crippen molar-refractivity contribution in [3.8, 4) is 10.6 Å². The Balaban J connectivity index is 1.67. The van der Waals surface area contributed by atoms with Crippen molar-refractivity contribution in [3.63, 3.8) is 0 Å². The van der Waals surface area contributed by atoms with Crippen molar-refractivity contribution in [3.05, 3.63) is 59.0 Å². The maximum atomic E-state index is 13.5. The van der Waals surface area contributed by atoms with Crippen LogP contribution in [-0.4, -0.2) is 17.1 Å². The minimum Gasteiger partial charge on any atom is -0.338 e. The minimum absolute atomic E-state index is 0.0160. The van der Waals surface area contributed by atoms with Gasteiger partial charge in [-0.2, -0.15) is 0 Å². The summed E-state index contributed by atoms with van der Waals surface area (Å²) in [5.74, 6) is -3.36. The average Bonchev–Trinajstić information content (AvgIpc) is 3.17. The molecule has 0 aliphatic rings. The lowest BCUT2D eigenvalue weighted by Gasteiger charge is -2.05. The Labute approximate surface area is 138 Å². The van der Waals surface area contributed by atoms with Gasteiger partial charge in [-0.25, -0.2) is 13.6 Å². The van der Waals surface area contributed by atoms with Crippen LogP contribution in [-0.2, 0) is 0 Å². The molecule has 3 aromatic rings. The van der Waals surface area contributed by atoms with Gasteiger partial charge < -0.3 is 4.52 Å². The normalized spacial score (nSPS) is 10.4. The molecule has 0 spiro atoms. The number of rotatable bonds is 3. The third kappa shape index (κ3) is 3.30. The van der Waals surface area contributed by atoms with Crippen LogP contribution in [0.3, 0.4) is 0 Å². The molecule has 6 nitrogen and oxygen atoms in total. The van der Waals surface area contributed by atoms with Gasteiger partial charge in [0.2, 0.25) is 5.88 Å². The highest BCUT2D eigenvalue weighted by Crippen LogP contribution is 2.25. The van der Waals surface area contributed by atoms with E-state index in [0.29, 0.717) is 5.69 Å². The van der Waals surface area contributed by atoms with E-state index in [2.05, 4.69) is 10.5 Å². The molecular formula is C15H9F2N3O3S.